The molecule has 1 saturated heterocycles. The van der Waals surface area contributed by atoms with Crippen LogP contribution in [0.5, 0.6) is 0 Å². The summed E-state index contributed by atoms with van der Waals surface area (Å²) in [5.41, 5.74) is 0. The number of piperidine rings is 1. The van der Waals surface area contributed by atoms with Crippen LogP contribution < -0.4 is 5.32 Å². The Morgan fingerprint density at radius 2 is 2.05 bits per heavy atom. The predicted molar refractivity (Wildman–Crippen MR) is 57.4 cm³/mol. The van der Waals surface area contributed by atoms with Crippen LogP contribution in [-0.4, -0.2) is 59.0 Å². The predicted octanol–water partition coefficient (Wildman–Crippen LogP) is 0.416. The van der Waals surface area contributed by atoms with Gasteiger partial charge in [0.05, 0.1) is 12.5 Å². The van der Waals surface area contributed by atoms with Crippen molar-refractivity contribution in [2.75, 3.05) is 19.6 Å². The molecule has 1 aliphatic rings. The number of carbonyl (C=O) groups is 2. The molecule has 0 radical (unpaired) electrons. The first-order chi connectivity index (χ1) is 8.71. The molecule has 0 spiro atoms. The summed E-state index contributed by atoms with van der Waals surface area (Å²) in [6.07, 6.45) is -5.91. The molecule has 0 aliphatic carbocycles. The second-order valence-electron chi connectivity index (χ2n) is 4.37. The Hall–Kier alpha value is -1.51. The first-order valence-corrected chi connectivity index (χ1v) is 5.72. The number of nitrogens with one attached hydrogen (secondary N) is 1. The Morgan fingerprint density at radius 3 is 2.58 bits per heavy atom. The number of alkyl halides is 3. The molecule has 9 heteroatoms. The Bertz CT molecular complexity index is 348. The smallest absolute Gasteiger partial charge is 0.393 e. The molecule has 19 heavy (non-hydrogen) atoms. The van der Waals surface area contributed by atoms with Gasteiger partial charge in [-0.1, -0.05) is 0 Å². The van der Waals surface area contributed by atoms with Crippen molar-refractivity contribution in [2.24, 2.45) is 5.92 Å². The van der Waals surface area contributed by atoms with E-state index in [1.807, 2.05) is 0 Å². The topological polar surface area (TPSA) is 89.9 Å². The minimum absolute atomic E-state index is 0.0228. The Morgan fingerprint density at radius 1 is 1.42 bits per heavy atom. The molecule has 0 bridgehead atoms. The maximum Gasteiger partial charge on any atom is 0.393 e. The molecule has 2 amide bonds. The first-order valence-electron chi connectivity index (χ1n) is 5.72. The van der Waals surface area contributed by atoms with E-state index in [0.717, 1.165) is 4.90 Å². The number of aliphatic hydroxyl groups is 1. The van der Waals surface area contributed by atoms with Crippen molar-refractivity contribution in [3.8, 4) is 0 Å². The van der Waals surface area contributed by atoms with Crippen LogP contribution in [0.3, 0.4) is 0 Å². The maximum atomic E-state index is 12.5. The highest BCUT2D eigenvalue weighted by Crippen LogP contribution is 2.32. The fourth-order valence-corrected chi connectivity index (χ4v) is 1.81. The molecule has 3 N–H and O–H groups in total. The number of hydrogen-bond acceptors (Lipinski definition) is 3. The summed E-state index contributed by atoms with van der Waals surface area (Å²) < 4.78 is 37.6. The zero-order valence-electron chi connectivity index (χ0n) is 9.98. The van der Waals surface area contributed by atoms with Crippen molar-refractivity contribution >= 4 is 12.0 Å². The van der Waals surface area contributed by atoms with Gasteiger partial charge in [0.2, 0.25) is 0 Å². The Kier molecular flexibility index (Phi) is 4.98. The van der Waals surface area contributed by atoms with Gasteiger partial charge in [0.25, 0.3) is 0 Å². The molecular formula is C10H15F3N2O4. The summed E-state index contributed by atoms with van der Waals surface area (Å²) in [4.78, 5) is 22.8. The van der Waals surface area contributed by atoms with Gasteiger partial charge in [0, 0.05) is 13.1 Å². The van der Waals surface area contributed by atoms with E-state index >= 15 is 0 Å². The van der Waals surface area contributed by atoms with Gasteiger partial charge in [-0.15, -0.1) is 0 Å². The number of aliphatic carboxylic acids is 1. The van der Waals surface area contributed by atoms with Gasteiger partial charge in [0.1, 0.15) is 0 Å². The lowest BCUT2D eigenvalue weighted by atomic mass is 9.98. The van der Waals surface area contributed by atoms with Gasteiger partial charge in [-0.2, -0.15) is 13.2 Å². The third kappa shape index (κ3) is 4.58. The summed E-state index contributed by atoms with van der Waals surface area (Å²) in [6, 6.07) is -0.797. The highest BCUT2D eigenvalue weighted by atomic mass is 19.4. The number of rotatable bonds is 3. The van der Waals surface area contributed by atoms with Crippen LogP contribution in [0, 0.1) is 5.92 Å². The van der Waals surface area contributed by atoms with Gasteiger partial charge >= 0.3 is 18.2 Å². The van der Waals surface area contributed by atoms with E-state index in [2.05, 4.69) is 5.32 Å². The van der Waals surface area contributed by atoms with Crippen molar-refractivity contribution < 1.29 is 33.0 Å². The standard InChI is InChI=1S/C10H15F3N2O4/c11-10(12,13)6-2-1-3-15(5-6)9(19)14-4-7(16)8(17)18/h6-7,16H,1-5H2,(H,14,19)(H,17,18). The van der Waals surface area contributed by atoms with Crippen LogP contribution in [0.25, 0.3) is 0 Å². The van der Waals surface area contributed by atoms with Crippen LogP contribution in [0.4, 0.5) is 18.0 Å². The summed E-state index contributed by atoms with van der Waals surface area (Å²) in [7, 11) is 0. The molecule has 2 atom stereocenters. The van der Waals surface area contributed by atoms with Gasteiger partial charge < -0.3 is 20.4 Å². The number of carboxylic acids is 1. The second kappa shape index (κ2) is 6.09. The van der Waals surface area contributed by atoms with Crippen molar-refractivity contribution in [2.45, 2.75) is 25.1 Å². The lowest BCUT2D eigenvalue weighted by Crippen LogP contribution is -2.50. The zero-order chi connectivity index (χ0) is 14.6. The fourth-order valence-electron chi connectivity index (χ4n) is 1.81. The van der Waals surface area contributed by atoms with E-state index in [1.165, 1.54) is 0 Å². The molecule has 1 aliphatic heterocycles. The van der Waals surface area contributed by atoms with Crippen molar-refractivity contribution in [1.29, 1.82) is 0 Å². The Balaban J connectivity index is 2.46. The van der Waals surface area contributed by atoms with E-state index < -0.39 is 43.3 Å². The number of likely N-dealkylation sites (tertiary alicyclic amines) is 1. The van der Waals surface area contributed by atoms with Crippen molar-refractivity contribution in [3.05, 3.63) is 0 Å². The number of amides is 2. The largest absolute Gasteiger partial charge is 0.479 e. The molecule has 0 aromatic heterocycles. The molecule has 1 rings (SSSR count). The first kappa shape index (κ1) is 15.5. The zero-order valence-corrected chi connectivity index (χ0v) is 9.98. The van der Waals surface area contributed by atoms with Gasteiger partial charge in [-0.25, -0.2) is 9.59 Å². The number of urea groups is 1. The Labute approximate surface area is 107 Å². The van der Waals surface area contributed by atoms with Crippen LogP contribution in [0.1, 0.15) is 12.8 Å². The minimum Gasteiger partial charge on any atom is -0.479 e. The summed E-state index contributed by atoms with van der Waals surface area (Å²) in [5, 5.41) is 19.4. The van der Waals surface area contributed by atoms with Crippen LogP contribution in [-0.2, 0) is 4.79 Å². The third-order valence-corrected chi connectivity index (χ3v) is 2.90. The fraction of sp³-hybridized carbons (Fsp3) is 0.800. The summed E-state index contributed by atoms with van der Waals surface area (Å²) in [5.74, 6) is -3.07. The third-order valence-electron chi connectivity index (χ3n) is 2.90. The number of nitrogens with zero attached hydrogens (tertiary/aromatic N) is 1. The summed E-state index contributed by atoms with van der Waals surface area (Å²) >= 11 is 0. The van der Waals surface area contributed by atoms with Gasteiger partial charge in [-0.3, -0.25) is 0 Å². The number of carboxylic acid groups (broad SMARTS) is 1. The van der Waals surface area contributed by atoms with E-state index in [9.17, 15) is 22.8 Å². The van der Waals surface area contributed by atoms with Crippen LogP contribution in [0.2, 0.25) is 0 Å². The molecule has 1 heterocycles. The quantitative estimate of drug-likeness (QED) is 0.700. The lowest BCUT2D eigenvalue weighted by molar-refractivity contribution is -0.184. The number of halogens is 3. The lowest BCUT2D eigenvalue weighted by Gasteiger charge is -2.33. The van der Waals surface area contributed by atoms with E-state index in [4.69, 9.17) is 10.2 Å². The average Bonchev–Trinajstić information content (AvgIpc) is 2.34. The minimum atomic E-state index is -4.35. The molecule has 2 unspecified atom stereocenters. The molecule has 1 fully saturated rings. The van der Waals surface area contributed by atoms with E-state index in [1.54, 1.807) is 0 Å². The number of hydrogen-bond donors (Lipinski definition) is 3. The second-order valence-corrected chi connectivity index (χ2v) is 4.37. The molecule has 110 valence electrons. The highest BCUT2D eigenvalue weighted by molar-refractivity contribution is 5.76. The van der Waals surface area contributed by atoms with Crippen LogP contribution in [0.15, 0.2) is 0 Å². The normalized spacial score (nSPS) is 21.9. The SMILES string of the molecule is O=C(O)C(O)CNC(=O)N1CCCC(C(F)(F)F)C1. The van der Waals surface area contributed by atoms with Gasteiger partial charge in [0.15, 0.2) is 6.10 Å². The molecule has 0 aromatic rings. The molecule has 6 nitrogen and oxygen atoms in total. The molecule has 0 aromatic carbocycles. The monoisotopic (exact) mass is 284 g/mol. The number of aliphatic hydroxyl groups excluding tert-OH is 1. The summed E-state index contributed by atoms with van der Waals surface area (Å²) in [6.45, 7) is -0.804. The van der Waals surface area contributed by atoms with Crippen molar-refractivity contribution in [1.82, 2.24) is 10.2 Å². The molecule has 0 saturated carbocycles. The van der Waals surface area contributed by atoms with E-state index in [-0.39, 0.29) is 19.4 Å². The van der Waals surface area contributed by atoms with Crippen molar-refractivity contribution in [3.63, 3.8) is 0 Å². The molecular weight excluding hydrogens is 269 g/mol. The van der Waals surface area contributed by atoms with E-state index in [0.29, 0.717) is 0 Å². The van der Waals surface area contributed by atoms with Crippen LogP contribution >= 0.6 is 0 Å². The maximum absolute atomic E-state index is 12.5. The van der Waals surface area contributed by atoms with Gasteiger partial charge in [-0.05, 0) is 12.8 Å². The highest BCUT2D eigenvalue weighted by Gasteiger charge is 2.42. The number of carbonyl (C=O) groups excluding carboxylic acids is 1. The average molecular weight is 284 g/mol.